The molecule has 0 unspecified atom stereocenters. The van der Waals surface area contributed by atoms with Crippen molar-refractivity contribution >= 4 is 5.91 Å². The average Bonchev–Trinajstić information content (AvgIpc) is 2.66. The number of amides is 1. The zero-order chi connectivity index (χ0) is 16.7. The predicted molar refractivity (Wildman–Crippen MR) is 89.0 cm³/mol. The number of carbonyl (C=O) groups excluding carboxylic acids is 1. The van der Waals surface area contributed by atoms with Gasteiger partial charge in [0.1, 0.15) is 0 Å². The first-order valence-electron chi connectivity index (χ1n) is 8.01. The van der Waals surface area contributed by atoms with Gasteiger partial charge in [-0.15, -0.1) is 0 Å². The minimum Gasteiger partial charge on any atom is -0.333 e. The summed E-state index contributed by atoms with van der Waals surface area (Å²) in [4.78, 5) is 26.3. The van der Waals surface area contributed by atoms with E-state index in [1.807, 2.05) is 4.90 Å². The van der Waals surface area contributed by atoms with E-state index >= 15 is 0 Å². The van der Waals surface area contributed by atoms with Gasteiger partial charge in [0, 0.05) is 31.4 Å². The second-order valence-corrected chi connectivity index (χ2v) is 8.23. The van der Waals surface area contributed by atoms with Gasteiger partial charge in [-0.2, -0.15) is 0 Å². The van der Waals surface area contributed by atoms with Gasteiger partial charge in [0.15, 0.2) is 0 Å². The molecule has 4 nitrogen and oxygen atoms in total. The Hall–Kier alpha value is -1.58. The zero-order valence-electron chi connectivity index (χ0n) is 14.6. The van der Waals surface area contributed by atoms with Crippen LogP contribution in [-0.4, -0.2) is 27.5 Å². The summed E-state index contributed by atoms with van der Waals surface area (Å²) >= 11 is 0. The summed E-state index contributed by atoms with van der Waals surface area (Å²) in [5.74, 6) is 0.529. The third kappa shape index (κ3) is 3.26. The molecular formula is C18H28N2O2. The summed E-state index contributed by atoms with van der Waals surface area (Å²) < 4.78 is 1.46. The number of pyridine rings is 1. The van der Waals surface area contributed by atoms with E-state index in [1.165, 1.54) is 10.6 Å². The summed E-state index contributed by atoms with van der Waals surface area (Å²) in [5, 5.41) is 0. The minimum atomic E-state index is -0.154. The van der Waals surface area contributed by atoms with Crippen LogP contribution in [0.2, 0.25) is 0 Å². The number of aryl methyl sites for hydroxylation is 1. The van der Waals surface area contributed by atoms with Crippen LogP contribution in [0.1, 0.15) is 57.8 Å². The van der Waals surface area contributed by atoms with Crippen LogP contribution < -0.4 is 5.56 Å². The highest BCUT2D eigenvalue weighted by Gasteiger charge is 2.44. The Morgan fingerprint density at radius 2 is 1.95 bits per heavy atom. The maximum absolute atomic E-state index is 12.8. The summed E-state index contributed by atoms with van der Waals surface area (Å²) in [6.45, 7) is 11.9. The molecule has 1 amide bonds. The number of likely N-dealkylation sites (tertiary alicyclic amines) is 1. The third-order valence-corrected chi connectivity index (χ3v) is 4.83. The lowest BCUT2D eigenvalue weighted by atomic mass is 9.76. The number of carbonyl (C=O) groups is 1. The predicted octanol–water partition coefficient (Wildman–Crippen LogP) is 3.06. The fourth-order valence-corrected chi connectivity index (χ4v) is 3.48. The van der Waals surface area contributed by atoms with Gasteiger partial charge >= 0.3 is 0 Å². The van der Waals surface area contributed by atoms with Gasteiger partial charge in [0.2, 0.25) is 5.56 Å². The van der Waals surface area contributed by atoms with E-state index in [0.717, 1.165) is 19.4 Å². The number of hydrogen-bond acceptors (Lipinski definition) is 2. The van der Waals surface area contributed by atoms with Crippen LogP contribution in [-0.2, 0) is 7.05 Å². The summed E-state index contributed by atoms with van der Waals surface area (Å²) in [6.07, 6.45) is 3.79. The highest BCUT2D eigenvalue weighted by atomic mass is 16.2. The van der Waals surface area contributed by atoms with E-state index in [4.69, 9.17) is 0 Å². The Labute approximate surface area is 133 Å². The number of hydrogen-bond donors (Lipinski definition) is 0. The van der Waals surface area contributed by atoms with Crippen LogP contribution in [0.15, 0.2) is 23.1 Å². The third-order valence-electron chi connectivity index (χ3n) is 4.83. The molecule has 0 N–H and O–H groups in total. The molecule has 0 bridgehead atoms. The molecule has 0 aromatic carbocycles. The van der Waals surface area contributed by atoms with E-state index in [2.05, 4.69) is 34.6 Å². The number of aromatic nitrogens is 1. The lowest BCUT2D eigenvalue weighted by molar-refractivity contribution is 0.0569. The van der Waals surface area contributed by atoms with E-state index in [0.29, 0.717) is 11.5 Å². The first kappa shape index (κ1) is 16.8. The van der Waals surface area contributed by atoms with E-state index < -0.39 is 0 Å². The summed E-state index contributed by atoms with van der Waals surface area (Å²) in [7, 11) is 1.68. The standard InChI is InChI=1S/C18H28N2O2/c1-17(2,3)11-14-9-10-20(18(14,4)5)16(22)13-7-8-15(21)19(6)12-13/h7-8,12,14H,9-11H2,1-6H3/t14-/m0/s1. The highest BCUT2D eigenvalue weighted by molar-refractivity contribution is 5.94. The van der Waals surface area contributed by atoms with Crippen LogP contribution in [0.4, 0.5) is 0 Å². The Morgan fingerprint density at radius 3 is 2.50 bits per heavy atom. The average molecular weight is 304 g/mol. The second-order valence-electron chi connectivity index (χ2n) is 8.23. The van der Waals surface area contributed by atoms with Crippen molar-refractivity contribution in [3.8, 4) is 0 Å². The fourth-order valence-electron chi connectivity index (χ4n) is 3.48. The lowest BCUT2D eigenvalue weighted by Crippen LogP contribution is -2.46. The normalized spacial score (nSPS) is 21.2. The molecule has 1 fully saturated rings. The van der Waals surface area contributed by atoms with Crippen molar-refractivity contribution in [2.75, 3.05) is 6.54 Å². The Morgan fingerprint density at radius 1 is 1.32 bits per heavy atom. The largest absolute Gasteiger partial charge is 0.333 e. The molecule has 2 heterocycles. The van der Waals surface area contributed by atoms with Crippen molar-refractivity contribution < 1.29 is 4.79 Å². The molecule has 1 atom stereocenters. The molecule has 4 heteroatoms. The number of rotatable bonds is 2. The van der Waals surface area contributed by atoms with Crippen molar-refractivity contribution in [2.45, 2.75) is 53.0 Å². The fraction of sp³-hybridized carbons (Fsp3) is 0.667. The SMILES string of the molecule is Cn1cc(C(=O)N2CC[C@@H](CC(C)(C)C)C2(C)C)ccc1=O. The monoisotopic (exact) mass is 304 g/mol. The van der Waals surface area contributed by atoms with Crippen molar-refractivity contribution in [3.63, 3.8) is 0 Å². The molecule has 122 valence electrons. The summed E-state index contributed by atoms with van der Waals surface area (Å²) in [6, 6.07) is 3.10. The van der Waals surface area contributed by atoms with E-state index in [-0.39, 0.29) is 22.4 Å². The van der Waals surface area contributed by atoms with E-state index in [9.17, 15) is 9.59 Å². The van der Waals surface area contributed by atoms with Gasteiger partial charge in [-0.05, 0) is 44.1 Å². The molecule has 1 saturated heterocycles. The highest BCUT2D eigenvalue weighted by Crippen LogP contribution is 2.41. The summed E-state index contributed by atoms with van der Waals surface area (Å²) in [5.41, 5.74) is 0.603. The van der Waals surface area contributed by atoms with Crippen LogP contribution in [0.5, 0.6) is 0 Å². The van der Waals surface area contributed by atoms with Crippen LogP contribution in [0.25, 0.3) is 0 Å². The van der Waals surface area contributed by atoms with Crippen LogP contribution in [0, 0.1) is 11.3 Å². The Kier molecular flexibility index (Phi) is 4.24. The van der Waals surface area contributed by atoms with Crippen LogP contribution in [0.3, 0.4) is 0 Å². The zero-order valence-corrected chi connectivity index (χ0v) is 14.6. The molecule has 22 heavy (non-hydrogen) atoms. The van der Waals surface area contributed by atoms with Gasteiger partial charge in [0.05, 0.1) is 5.56 Å². The topological polar surface area (TPSA) is 42.3 Å². The first-order chi connectivity index (χ1) is 10.0. The van der Waals surface area contributed by atoms with Gasteiger partial charge in [-0.3, -0.25) is 9.59 Å². The molecule has 2 rings (SSSR count). The lowest BCUT2D eigenvalue weighted by Gasteiger charge is -2.38. The molecule has 0 aliphatic carbocycles. The number of nitrogens with zero attached hydrogens (tertiary/aromatic N) is 2. The second kappa shape index (κ2) is 5.56. The van der Waals surface area contributed by atoms with Crippen molar-refractivity contribution in [2.24, 2.45) is 18.4 Å². The molecular weight excluding hydrogens is 276 g/mol. The molecule has 1 aromatic heterocycles. The van der Waals surface area contributed by atoms with Gasteiger partial charge in [-0.25, -0.2) is 0 Å². The quantitative estimate of drug-likeness (QED) is 0.842. The smallest absolute Gasteiger partial charge is 0.255 e. The maximum atomic E-state index is 12.8. The molecule has 0 radical (unpaired) electrons. The van der Waals surface area contributed by atoms with Gasteiger partial charge in [0.25, 0.3) is 5.91 Å². The molecule has 0 saturated carbocycles. The minimum absolute atomic E-state index is 0.0250. The Bertz CT molecular complexity index is 623. The van der Waals surface area contributed by atoms with Crippen LogP contribution >= 0.6 is 0 Å². The molecule has 1 aliphatic rings. The molecule has 1 aromatic rings. The van der Waals surface area contributed by atoms with Gasteiger partial charge in [-0.1, -0.05) is 20.8 Å². The molecule has 1 aliphatic heterocycles. The van der Waals surface area contributed by atoms with Crippen molar-refractivity contribution in [1.82, 2.24) is 9.47 Å². The van der Waals surface area contributed by atoms with Gasteiger partial charge < -0.3 is 9.47 Å². The Balaban J connectivity index is 2.24. The first-order valence-corrected chi connectivity index (χ1v) is 8.01. The van der Waals surface area contributed by atoms with E-state index in [1.54, 1.807) is 19.3 Å². The van der Waals surface area contributed by atoms with Crippen molar-refractivity contribution in [1.29, 1.82) is 0 Å². The van der Waals surface area contributed by atoms with Crippen molar-refractivity contribution in [3.05, 3.63) is 34.2 Å². The maximum Gasteiger partial charge on any atom is 0.255 e. The molecule has 0 spiro atoms.